The van der Waals surface area contributed by atoms with E-state index in [4.69, 9.17) is 10.5 Å². The topological polar surface area (TPSA) is 35.2 Å². The second-order valence-electron chi connectivity index (χ2n) is 3.52. The van der Waals surface area contributed by atoms with Crippen molar-refractivity contribution in [3.8, 4) is 16.9 Å². The molecule has 17 heavy (non-hydrogen) atoms. The van der Waals surface area contributed by atoms with Crippen LogP contribution in [0.25, 0.3) is 11.1 Å². The molecule has 0 radical (unpaired) electrons. The Labute approximate surface area is 97.6 Å². The molecule has 0 heterocycles. The van der Waals surface area contributed by atoms with Crippen molar-refractivity contribution in [2.45, 2.75) is 0 Å². The molecular formula is C13H11F2NO. The summed E-state index contributed by atoms with van der Waals surface area (Å²) in [5.74, 6) is -1.01. The third-order valence-corrected chi connectivity index (χ3v) is 2.53. The van der Waals surface area contributed by atoms with Gasteiger partial charge in [-0.1, -0.05) is 24.3 Å². The number of methoxy groups -OCH3 is 1. The number of anilines is 1. The second-order valence-corrected chi connectivity index (χ2v) is 3.52. The molecule has 0 aliphatic heterocycles. The van der Waals surface area contributed by atoms with Crippen LogP contribution in [0.2, 0.25) is 0 Å². The zero-order valence-corrected chi connectivity index (χ0v) is 9.21. The maximum Gasteiger partial charge on any atom is 0.172 e. The lowest BCUT2D eigenvalue weighted by atomic mass is 10.0. The Morgan fingerprint density at radius 1 is 1.00 bits per heavy atom. The first-order valence-corrected chi connectivity index (χ1v) is 5.02. The van der Waals surface area contributed by atoms with Crippen molar-refractivity contribution in [1.82, 2.24) is 0 Å². The molecule has 0 fully saturated rings. The van der Waals surface area contributed by atoms with Crippen LogP contribution >= 0.6 is 0 Å². The van der Waals surface area contributed by atoms with Gasteiger partial charge in [0.2, 0.25) is 0 Å². The van der Waals surface area contributed by atoms with Crippen molar-refractivity contribution in [2.75, 3.05) is 12.8 Å². The number of benzene rings is 2. The van der Waals surface area contributed by atoms with Gasteiger partial charge < -0.3 is 10.5 Å². The zero-order chi connectivity index (χ0) is 12.4. The maximum absolute atomic E-state index is 14.0. The molecule has 4 heteroatoms. The lowest BCUT2D eigenvalue weighted by molar-refractivity contribution is 0.387. The van der Waals surface area contributed by atoms with Crippen molar-refractivity contribution < 1.29 is 13.5 Å². The van der Waals surface area contributed by atoms with Gasteiger partial charge in [-0.05, 0) is 12.1 Å². The summed E-state index contributed by atoms with van der Waals surface area (Å²) in [5.41, 5.74) is 6.07. The number of rotatable bonds is 2. The van der Waals surface area contributed by atoms with E-state index in [1.54, 1.807) is 12.1 Å². The Hall–Kier alpha value is -2.10. The van der Waals surface area contributed by atoms with Gasteiger partial charge in [0.1, 0.15) is 5.82 Å². The standard InChI is InChI=1S/C13H11F2NO/c1-17-11-7-3-4-8(12(11)15)9-5-2-6-10(14)13(9)16/h2-7H,16H2,1H3. The van der Waals surface area contributed by atoms with Crippen molar-refractivity contribution in [3.05, 3.63) is 48.0 Å². The molecule has 2 rings (SSSR count). The van der Waals surface area contributed by atoms with Crippen LogP contribution < -0.4 is 10.5 Å². The van der Waals surface area contributed by atoms with E-state index in [1.807, 2.05) is 0 Å². The van der Waals surface area contributed by atoms with Crippen LogP contribution in [0.3, 0.4) is 0 Å². The van der Waals surface area contributed by atoms with E-state index in [2.05, 4.69) is 0 Å². The van der Waals surface area contributed by atoms with Gasteiger partial charge in [-0.25, -0.2) is 8.78 Å². The fourth-order valence-corrected chi connectivity index (χ4v) is 1.65. The van der Waals surface area contributed by atoms with Gasteiger partial charge >= 0.3 is 0 Å². The van der Waals surface area contributed by atoms with E-state index in [0.29, 0.717) is 5.56 Å². The summed E-state index contributed by atoms with van der Waals surface area (Å²) in [4.78, 5) is 0. The predicted molar refractivity (Wildman–Crippen MR) is 62.8 cm³/mol. The Bertz CT molecular complexity index is 555. The predicted octanol–water partition coefficient (Wildman–Crippen LogP) is 3.22. The minimum absolute atomic E-state index is 0.0698. The molecule has 0 spiro atoms. The average molecular weight is 235 g/mol. The molecule has 0 saturated carbocycles. The van der Waals surface area contributed by atoms with Crippen LogP contribution in [0.5, 0.6) is 5.75 Å². The molecule has 0 bridgehead atoms. The third-order valence-electron chi connectivity index (χ3n) is 2.53. The van der Waals surface area contributed by atoms with Gasteiger partial charge in [0.25, 0.3) is 0 Å². The van der Waals surface area contributed by atoms with Crippen LogP contribution in [0, 0.1) is 11.6 Å². The highest BCUT2D eigenvalue weighted by Crippen LogP contribution is 2.33. The van der Waals surface area contributed by atoms with Gasteiger partial charge in [-0.15, -0.1) is 0 Å². The molecule has 2 nitrogen and oxygen atoms in total. The number of hydrogen-bond acceptors (Lipinski definition) is 2. The monoisotopic (exact) mass is 235 g/mol. The van der Waals surface area contributed by atoms with Crippen LogP contribution in [0.4, 0.5) is 14.5 Å². The maximum atomic E-state index is 14.0. The number of ether oxygens (including phenoxy) is 1. The van der Waals surface area contributed by atoms with E-state index in [1.165, 1.54) is 31.4 Å². The van der Waals surface area contributed by atoms with Crippen molar-refractivity contribution in [1.29, 1.82) is 0 Å². The largest absolute Gasteiger partial charge is 0.494 e. The first kappa shape index (κ1) is 11.4. The third kappa shape index (κ3) is 1.93. The van der Waals surface area contributed by atoms with Gasteiger partial charge in [0.05, 0.1) is 12.8 Å². The lowest BCUT2D eigenvalue weighted by Crippen LogP contribution is -1.97. The summed E-state index contributed by atoms with van der Waals surface area (Å²) in [6, 6.07) is 8.94. The number of halogens is 2. The molecule has 2 aromatic carbocycles. The van der Waals surface area contributed by atoms with Crippen LogP contribution in [0.15, 0.2) is 36.4 Å². The Balaban J connectivity index is 2.65. The van der Waals surface area contributed by atoms with Crippen LogP contribution in [0.1, 0.15) is 0 Å². The molecule has 0 aromatic heterocycles. The molecule has 2 aromatic rings. The fourth-order valence-electron chi connectivity index (χ4n) is 1.65. The molecule has 0 saturated heterocycles. The van der Waals surface area contributed by atoms with Crippen molar-refractivity contribution >= 4 is 5.69 Å². The van der Waals surface area contributed by atoms with Crippen molar-refractivity contribution in [3.63, 3.8) is 0 Å². The summed E-state index contributed by atoms with van der Waals surface area (Å²) in [5, 5.41) is 0. The highest BCUT2D eigenvalue weighted by molar-refractivity contribution is 5.77. The quantitative estimate of drug-likeness (QED) is 0.811. The molecule has 2 N–H and O–H groups in total. The van der Waals surface area contributed by atoms with E-state index >= 15 is 0 Å². The van der Waals surface area contributed by atoms with Gasteiger partial charge in [0, 0.05) is 11.1 Å². The van der Waals surface area contributed by atoms with E-state index in [-0.39, 0.29) is 17.0 Å². The van der Waals surface area contributed by atoms with Gasteiger partial charge in [0.15, 0.2) is 11.6 Å². The molecule has 88 valence electrons. The number of nitrogen functional groups attached to an aromatic ring is 1. The molecule has 0 aliphatic carbocycles. The number of nitrogens with two attached hydrogens (primary N) is 1. The minimum Gasteiger partial charge on any atom is -0.494 e. The zero-order valence-electron chi connectivity index (χ0n) is 9.21. The molecule has 0 amide bonds. The van der Waals surface area contributed by atoms with E-state index in [9.17, 15) is 8.78 Å². The van der Waals surface area contributed by atoms with Crippen LogP contribution in [-0.4, -0.2) is 7.11 Å². The SMILES string of the molecule is COc1cccc(-c2cccc(F)c2N)c1F. The van der Waals surface area contributed by atoms with Gasteiger partial charge in [-0.3, -0.25) is 0 Å². The van der Waals surface area contributed by atoms with Gasteiger partial charge in [-0.2, -0.15) is 0 Å². The first-order chi connectivity index (χ1) is 8.15. The van der Waals surface area contributed by atoms with Crippen molar-refractivity contribution in [2.24, 2.45) is 0 Å². The molecule has 0 atom stereocenters. The highest BCUT2D eigenvalue weighted by Gasteiger charge is 2.14. The number of hydrogen-bond donors (Lipinski definition) is 1. The molecule has 0 unspecified atom stereocenters. The first-order valence-electron chi connectivity index (χ1n) is 5.02. The minimum atomic E-state index is -0.565. The summed E-state index contributed by atoms with van der Waals surface area (Å²) in [6.07, 6.45) is 0. The summed E-state index contributed by atoms with van der Waals surface area (Å²) in [7, 11) is 1.37. The van der Waals surface area contributed by atoms with E-state index < -0.39 is 11.6 Å². The Kier molecular flexibility index (Phi) is 2.95. The molecular weight excluding hydrogens is 224 g/mol. The number of para-hydroxylation sites is 1. The smallest absolute Gasteiger partial charge is 0.172 e. The molecule has 0 aliphatic rings. The van der Waals surface area contributed by atoms with E-state index in [0.717, 1.165) is 0 Å². The Morgan fingerprint density at radius 2 is 1.65 bits per heavy atom. The Morgan fingerprint density at radius 3 is 2.35 bits per heavy atom. The highest BCUT2D eigenvalue weighted by atomic mass is 19.1. The lowest BCUT2D eigenvalue weighted by Gasteiger charge is -2.10. The average Bonchev–Trinajstić information content (AvgIpc) is 2.33. The second kappa shape index (κ2) is 4.41. The normalized spacial score (nSPS) is 10.3. The van der Waals surface area contributed by atoms with Crippen LogP contribution in [-0.2, 0) is 0 Å². The summed E-state index contributed by atoms with van der Waals surface area (Å²) < 4.78 is 32.1. The summed E-state index contributed by atoms with van der Waals surface area (Å²) in [6.45, 7) is 0. The summed E-state index contributed by atoms with van der Waals surface area (Å²) >= 11 is 0. The fraction of sp³-hybridized carbons (Fsp3) is 0.0769.